The number of amides is 2. The first-order valence-electron chi connectivity index (χ1n) is 9.35. The molecule has 0 aliphatic heterocycles. The largest absolute Gasteiger partial charge is 0.348 e. The van der Waals surface area contributed by atoms with Crippen LogP contribution in [0.3, 0.4) is 0 Å². The quantitative estimate of drug-likeness (QED) is 0.623. The number of carbonyl (C=O) groups excluding carboxylic acids is 2. The van der Waals surface area contributed by atoms with Gasteiger partial charge in [0.1, 0.15) is 0 Å². The summed E-state index contributed by atoms with van der Waals surface area (Å²) in [5.41, 5.74) is 1.94. The number of benzene rings is 3. The van der Waals surface area contributed by atoms with Crippen LogP contribution < -0.4 is 10.6 Å². The van der Waals surface area contributed by atoms with E-state index in [2.05, 4.69) is 10.6 Å². The average Bonchev–Trinajstić information content (AvgIpc) is 2.71. The van der Waals surface area contributed by atoms with Crippen LogP contribution in [0.15, 0.2) is 66.7 Å². The molecule has 3 aromatic rings. The van der Waals surface area contributed by atoms with Crippen LogP contribution >= 0.6 is 11.6 Å². The van der Waals surface area contributed by atoms with Crippen LogP contribution in [0.5, 0.6) is 0 Å². The predicted octanol–water partition coefficient (Wildman–Crippen LogP) is 4.42. The van der Waals surface area contributed by atoms with Crippen molar-refractivity contribution < 1.29 is 9.59 Å². The highest BCUT2D eigenvalue weighted by Crippen LogP contribution is 2.20. The van der Waals surface area contributed by atoms with E-state index in [0.29, 0.717) is 5.02 Å². The lowest BCUT2D eigenvalue weighted by Crippen LogP contribution is -2.39. The molecule has 0 aliphatic rings. The molecule has 4 nitrogen and oxygen atoms in total. The molecule has 0 aliphatic carbocycles. The molecule has 0 aromatic heterocycles. The molecule has 3 rings (SSSR count). The third-order valence-corrected chi connectivity index (χ3v) is 4.94. The zero-order valence-corrected chi connectivity index (χ0v) is 16.5. The van der Waals surface area contributed by atoms with Crippen molar-refractivity contribution in [3.05, 3.63) is 82.9 Å². The Bertz CT molecular complexity index is 965. The predicted molar refractivity (Wildman–Crippen MR) is 113 cm³/mol. The third kappa shape index (κ3) is 5.11. The molecule has 1 atom stereocenters. The van der Waals surface area contributed by atoms with E-state index in [0.717, 1.165) is 28.3 Å². The van der Waals surface area contributed by atoms with Crippen LogP contribution in [0.25, 0.3) is 10.8 Å². The highest BCUT2D eigenvalue weighted by atomic mass is 35.5. The van der Waals surface area contributed by atoms with Gasteiger partial charge in [-0.15, -0.1) is 0 Å². The number of hydrogen-bond acceptors (Lipinski definition) is 2. The van der Waals surface area contributed by atoms with Gasteiger partial charge < -0.3 is 10.6 Å². The Morgan fingerprint density at radius 2 is 1.64 bits per heavy atom. The van der Waals surface area contributed by atoms with Crippen molar-refractivity contribution in [1.29, 1.82) is 0 Å². The van der Waals surface area contributed by atoms with Gasteiger partial charge in [0, 0.05) is 5.02 Å². The summed E-state index contributed by atoms with van der Waals surface area (Å²) in [7, 11) is 0. The van der Waals surface area contributed by atoms with Gasteiger partial charge in [-0.2, -0.15) is 0 Å². The van der Waals surface area contributed by atoms with Crippen LogP contribution in [0.2, 0.25) is 5.02 Å². The van der Waals surface area contributed by atoms with Crippen LogP contribution in [0, 0.1) is 0 Å². The number of rotatable bonds is 7. The summed E-state index contributed by atoms with van der Waals surface area (Å²) in [4.78, 5) is 24.6. The van der Waals surface area contributed by atoms with Crippen LogP contribution in [0.4, 0.5) is 0 Å². The van der Waals surface area contributed by atoms with Crippen molar-refractivity contribution in [3.8, 4) is 0 Å². The van der Waals surface area contributed by atoms with Crippen molar-refractivity contribution in [2.24, 2.45) is 0 Å². The molecule has 0 saturated heterocycles. The molecule has 0 saturated carbocycles. The van der Waals surface area contributed by atoms with Crippen molar-refractivity contribution in [3.63, 3.8) is 0 Å². The Morgan fingerprint density at radius 1 is 0.929 bits per heavy atom. The monoisotopic (exact) mass is 394 g/mol. The highest BCUT2D eigenvalue weighted by Gasteiger charge is 2.14. The third-order valence-electron chi connectivity index (χ3n) is 4.69. The number of fused-ring (bicyclic) bond motifs is 1. The second-order valence-electron chi connectivity index (χ2n) is 6.67. The van der Waals surface area contributed by atoms with Crippen molar-refractivity contribution in [1.82, 2.24) is 10.6 Å². The summed E-state index contributed by atoms with van der Waals surface area (Å²) in [5.74, 6) is -0.390. The SMILES string of the molecule is CCC(NC(=O)CNC(=O)Cc1cccc2ccccc12)c1ccc(Cl)cc1. The molecule has 0 bridgehead atoms. The molecule has 0 radical (unpaired) electrons. The summed E-state index contributed by atoms with van der Waals surface area (Å²) in [5, 5.41) is 8.48. The molecule has 0 fully saturated rings. The zero-order chi connectivity index (χ0) is 19.9. The fourth-order valence-electron chi connectivity index (χ4n) is 3.22. The summed E-state index contributed by atoms with van der Waals surface area (Å²) >= 11 is 5.92. The highest BCUT2D eigenvalue weighted by molar-refractivity contribution is 6.30. The number of nitrogens with one attached hydrogen (secondary N) is 2. The van der Waals surface area contributed by atoms with E-state index in [9.17, 15) is 9.59 Å². The average molecular weight is 395 g/mol. The molecule has 144 valence electrons. The van der Waals surface area contributed by atoms with E-state index < -0.39 is 0 Å². The topological polar surface area (TPSA) is 58.2 Å². The first kappa shape index (κ1) is 19.9. The first-order valence-corrected chi connectivity index (χ1v) is 9.72. The van der Waals surface area contributed by atoms with Gasteiger partial charge in [0.25, 0.3) is 0 Å². The Morgan fingerprint density at radius 3 is 2.39 bits per heavy atom. The van der Waals surface area contributed by atoms with Crippen LogP contribution in [0.1, 0.15) is 30.5 Å². The van der Waals surface area contributed by atoms with Crippen molar-refractivity contribution >= 4 is 34.2 Å². The van der Waals surface area contributed by atoms with Crippen LogP contribution in [-0.4, -0.2) is 18.4 Å². The normalized spacial score (nSPS) is 11.8. The molecule has 0 spiro atoms. The first-order chi connectivity index (χ1) is 13.6. The van der Waals surface area contributed by atoms with Gasteiger partial charge in [0.15, 0.2) is 0 Å². The molecular weight excluding hydrogens is 372 g/mol. The van der Waals surface area contributed by atoms with E-state index in [1.165, 1.54) is 0 Å². The molecule has 2 N–H and O–H groups in total. The maximum Gasteiger partial charge on any atom is 0.239 e. The van der Waals surface area contributed by atoms with Crippen LogP contribution in [-0.2, 0) is 16.0 Å². The minimum atomic E-state index is -0.215. The fraction of sp³-hybridized carbons (Fsp3) is 0.217. The molecule has 3 aromatic carbocycles. The maximum absolute atomic E-state index is 12.3. The van der Waals surface area contributed by atoms with Crippen molar-refractivity contribution in [2.45, 2.75) is 25.8 Å². The Kier molecular flexibility index (Phi) is 6.66. The van der Waals surface area contributed by atoms with E-state index in [1.54, 1.807) is 12.1 Å². The second-order valence-corrected chi connectivity index (χ2v) is 7.11. The molecule has 5 heteroatoms. The number of carbonyl (C=O) groups is 2. The lowest BCUT2D eigenvalue weighted by Gasteiger charge is -2.18. The lowest BCUT2D eigenvalue weighted by atomic mass is 10.0. The smallest absolute Gasteiger partial charge is 0.239 e. The molecule has 2 amide bonds. The molecular formula is C23H23ClN2O2. The van der Waals surface area contributed by atoms with Gasteiger partial charge >= 0.3 is 0 Å². The van der Waals surface area contributed by atoms with E-state index >= 15 is 0 Å². The Balaban J connectivity index is 1.55. The summed E-state index contributed by atoms with van der Waals surface area (Å²) in [6.45, 7) is 1.95. The van der Waals surface area contributed by atoms with Gasteiger partial charge in [-0.25, -0.2) is 0 Å². The Hall–Kier alpha value is -2.85. The summed E-state index contributed by atoms with van der Waals surface area (Å²) in [6.07, 6.45) is 0.986. The summed E-state index contributed by atoms with van der Waals surface area (Å²) < 4.78 is 0. The van der Waals surface area contributed by atoms with Gasteiger partial charge in [-0.05, 0) is 40.5 Å². The Labute approximate surface area is 169 Å². The standard InChI is InChI=1S/C23H23ClN2O2/c1-2-21(17-10-12-19(24)13-11-17)26-23(28)15-25-22(27)14-18-8-5-7-16-6-3-4-9-20(16)18/h3-13,21H,2,14-15H2,1H3,(H,25,27)(H,26,28). The minimum Gasteiger partial charge on any atom is -0.348 e. The van der Waals surface area contributed by atoms with E-state index in [4.69, 9.17) is 11.6 Å². The molecule has 0 heterocycles. The van der Waals surface area contributed by atoms with Gasteiger partial charge in [0.05, 0.1) is 19.0 Å². The zero-order valence-electron chi connectivity index (χ0n) is 15.7. The van der Waals surface area contributed by atoms with Crippen molar-refractivity contribution in [2.75, 3.05) is 6.54 Å². The second kappa shape index (κ2) is 9.38. The van der Waals surface area contributed by atoms with Gasteiger partial charge in [-0.1, -0.05) is 73.1 Å². The van der Waals surface area contributed by atoms with Gasteiger partial charge in [-0.3, -0.25) is 9.59 Å². The lowest BCUT2D eigenvalue weighted by molar-refractivity contribution is -0.126. The molecule has 1 unspecified atom stereocenters. The number of hydrogen-bond donors (Lipinski definition) is 2. The fourth-order valence-corrected chi connectivity index (χ4v) is 3.35. The number of halogens is 1. The minimum absolute atomic E-state index is 0.0479. The van der Waals surface area contributed by atoms with E-state index in [1.807, 2.05) is 61.5 Å². The maximum atomic E-state index is 12.3. The van der Waals surface area contributed by atoms with E-state index in [-0.39, 0.29) is 30.8 Å². The molecule has 28 heavy (non-hydrogen) atoms. The summed E-state index contributed by atoms with van der Waals surface area (Å²) in [6, 6.07) is 21.1. The van der Waals surface area contributed by atoms with Gasteiger partial charge in [0.2, 0.25) is 11.8 Å².